The summed E-state index contributed by atoms with van der Waals surface area (Å²) in [4.78, 5) is 12.9. The summed E-state index contributed by atoms with van der Waals surface area (Å²) in [7, 11) is -3.55. The van der Waals surface area contributed by atoms with Crippen molar-refractivity contribution in [3.8, 4) is 5.75 Å². The smallest absolute Gasteiger partial charge is 0.243 e. The SMILES string of the molecule is CC1CCCCN1S(=O)(=O)c1ccc(NC(=O)C2CC(c3cc(Cl)ccc3O)NN2)cc1. The number of sulfonamides is 1. The summed E-state index contributed by atoms with van der Waals surface area (Å²) in [6.45, 7) is 2.47. The van der Waals surface area contributed by atoms with Crippen LogP contribution in [0, 0.1) is 0 Å². The summed E-state index contributed by atoms with van der Waals surface area (Å²) >= 11 is 6.02. The average Bonchev–Trinajstić information content (AvgIpc) is 3.26. The van der Waals surface area contributed by atoms with Gasteiger partial charge in [0.25, 0.3) is 0 Å². The zero-order valence-electron chi connectivity index (χ0n) is 17.7. The molecule has 0 aromatic heterocycles. The van der Waals surface area contributed by atoms with E-state index in [2.05, 4.69) is 16.2 Å². The van der Waals surface area contributed by atoms with E-state index in [0.29, 0.717) is 29.2 Å². The minimum absolute atomic E-state index is 0.0130. The lowest BCUT2D eigenvalue weighted by atomic mass is 10.0. The number of amides is 1. The van der Waals surface area contributed by atoms with Crippen molar-refractivity contribution in [2.75, 3.05) is 11.9 Å². The number of carbonyl (C=O) groups is 1. The molecule has 0 bridgehead atoms. The van der Waals surface area contributed by atoms with Gasteiger partial charge in [-0.05, 0) is 68.7 Å². The van der Waals surface area contributed by atoms with Gasteiger partial charge in [0, 0.05) is 28.9 Å². The molecule has 3 unspecified atom stereocenters. The van der Waals surface area contributed by atoms with E-state index in [1.54, 1.807) is 28.6 Å². The fourth-order valence-corrected chi connectivity index (χ4v) is 6.12. The van der Waals surface area contributed by atoms with Gasteiger partial charge in [-0.2, -0.15) is 4.31 Å². The molecule has 2 fully saturated rings. The fraction of sp³-hybridized carbons (Fsp3) is 0.409. The monoisotopic (exact) mass is 478 g/mol. The normalized spacial score (nSPS) is 24.4. The number of nitrogens with one attached hydrogen (secondary N) is 3. The van der Waals surface area contributed by atoms with Crippen molar-refractivity contribution >= 4 is 33.2 Å². The number of halogens is 1. The molecule has 4 rings (SSSR count). The van der Waals surface area contributed by atoms with E-state index in [9.17, 15) is 18.3 Å². The number of phenolic OH excluding ortho intramolecular Hbond substituents is 1. The van der Waals surface area contributed by atoms with Crippen LogP contribution in [0.5, 0.6) is 5.75 Å². The molecule has 2 heterocycles. The van der Waals surface area contributed by atoms with Crippen LogP contribution in [-0.2, 0) is 14.8 Å². The van der Waals surface area contributed by atoms with Crippen molar-refractivity contribution in [3.05, 3.63) is 53.1 Å². The molecule has 0 spiro atoms. The van der Waals surface area contributed by atoms with Gasteiger partial charge in [0.05, 0.1) is 10.9 Å². The number of benzene rings is 2. The van der Waals surface area contributed by atoms with Gasteiger partial charge >= 0.3 is 0 Å². The number of phenols is 1. The summed E-state index contributed by atoms with van der Waals surface area (Å²) in [5, 5.41) is 13.4. The molecule has 3 atom stereocenters. The number of piperidine rings is 1. The molecule has 2 aromatic carbocycles. The molecule has 0 saturated carbocycles. The Kier molecular flexibility index (Phi) is 6.73. The van der Waals surface area contributed by atoms with E-state index < -0.39 is 16.1 Å². The molecule has 2 aromatic rings. The second-order valence-electron chi connectivity index (χ2n) is 8.31. The lowest BCUT2D eigenvalue weighted by molar-refractivity contribution is -0.117. The summed E-state index contributed by atoms with van der Waals surface area (Å²) in [5.74, 6) is -0.156. The summed E-state index contributed by atoms with van der Waals surface area (Å²) in [6, 6.07) is 10.2. The van der Waals surface area contributed by atoms with Gasteiger partial charge in [-0.3, -0.25) is 4.79 Å². The second kappa shape index (κ2) is 9.36. The van der Waals surface area contributed by atoms with Crippen LogP contribution in [0.25, 0.3) is 0 Å². The van der Waals surface area contributed by atoms with Crippen molar-refractivity contribution in [1.82, 2.24) is 15.2 Å². The Morgan fingerprint density at radius 1 is 1.16 bits per heavy atom. The van der Waals surface area contributed by atoms with E-state index >= 15 is 0 Å². The molecule has 2 saturated heterocycles. The molecular formula is C22H27ClN4O4S. The first-order valence-electron chi connectivity index (χ1n) is 10.7. The maximum atomic E-state index is 13.0. The van der Waals surface area contributed by atoms with Gasteiger partial charge in [-0.1, -0.05) is 18.0 Å². The number of aromatic hydroxyl groups is 1. The Morgan fingerprint density at radius 3 is 2.62 bits per heavy atom. The fourth-order valence-electron chi connectivity index (χ4n) is 4.24. The van der Waals surface area contributed by atoms with Gasteiger partial charge in [-0.25, -0.2) is 19.3 Å². The lowest BCUT2D eigenvalue weighted by Crippen LogP contribution is -2.41. The highest BCUT2D eigenvalue weighted by Gasteiger charge is 2.33. The summed E-state index contributed by atoms with van der Waals surface area (Å²) in [5.41, 5.74) is 7.07. The number of nitrogens with zero attached hydrogens (tertiary/aromatic N) is 1. The number of rotatable bonds is 5. The van der Waals surface area contributed by atoms with Crippen LogP contribution in [0.4, 0.5) is 5.69 Å². The largest absolute Gasteiger partial charge is 0.508 e. The maximum absolute atomic E-state index is 13.0. The topological polar surface area (TPSA) is 111 Å². The van der Waals surface area contributed by atoms with E-state index in [1.807, 2.05) is 6.92 Å². The standard InChI is InChI=1S/C22H27ClN4O4S/c1-14-4-2-3-11-27(14)32(30,31)17-8-6-16(7-9-17)24-22(29)20-13-19(25-26-20)18-12-15(23)5-10-21(18)28/h5-10,12,14,19-20,25-26,28H,2-4,11,13H2,1H3,(H,24,29). The van der Waals surface area contributed by atoms with Crippen molar-refractivity contribution in [2.24, 2.45) is 0 Å². The van der Waals surface area contributed by atoms with Gasteiger partial charge in [0.1, 0.15) is 11.8 Å². The molecule has 4 N–H and O–H groups in total. The molecule has 1 amide bonds. The Balaban J connectivity index is 1.39. The molecule has 0 aliphatic carbocycles. The number of anilines is 1. The van der Waals surface area contributed by atoms with Crippen LogP contribution in [-0.4, -0.2) is 42.4 Å². The zero-order chi connectivity index (χ0) is 22.9. The molecule has 2 aliphatic heterocycles. The van der Waals surface area contributed by atoms with Gasteiger partial charge in [0.2, 0.25) is 15.9 Å². The number of carbonyl (C=O) groups excluding carboxylic acids is 1. The van der Waals surface area contributed by atoms with Gasteiger partial charge in [-0.15, -0.1) is 0 Å². The van der Waals surface area contributed by atoms with Crippen LogP contribution in [0.2, 0.25) is 5.02 Å². The molecule has 172 valence electrons. The first kappa shape index (κ1) is 23.0. The van der Waals surface area contributed by atoms with Crippen molar-refractivity contribution in [1.29, 1.82) is 0 Å². The van der Waals surface area contributed by atoms with Crippen molar-refractivity contribution in [3.63, 3.8) is 0 Å². The second-order valence-corrected chi connectivity index (χ2v) is 10.6. The average molecular weight is 479 g/mol. The maximum Gasteiger partial charge on any atom is 0.243 e. The number of hydrazine groups is 1. The van der Waals surface area contributed by atoms with E-state index in [1.165, 1.54) is 18.2 Å². The predicted molar refractivity (Wildman–Crippen MR) is 123 cm³/mol. The van der Waals surface area contributed by atoms with Crippen LogP contribution in [0.15, 0.2) is 47.4 Å². The Morgan fingerprint density at radius 2 is 1.91 bits per heavy atom. The van der Waals surface area contributed by atoms with Crippen LogP contribution in [0.3, 0.4) is 0 Å². The van der Waals surface area contributed by atoms with Crippen LogP contribution >= 0.6 is 11.6 Å². The predicted octanol–water partition coefficient (Wildman–Crippen LogP) is 3.16. The Labute approximate surface area is 193 Å². The highest BCUT2D eigenvalue weighted by Crippen LogP contribution is 2.32. The van der Waals surface area contributed by atoms with Gasteiger partial charge in [0.15, 0.2) is 0 Å². The molecule has 32 heavy (non-hydrogen) atoms. The summed E-state index contributed by atoms with van der Waals surface area (Å²) < 4.78 is 27.5. The van der Waals surface area contributed by atoms with Crippen molar-refractivity contribution < 1.29 is 18.3 Å². The number of hydrogen-bond acceptors (Lipinski definition) is 6. The Hall–Kier alpha value is -2.17. The van der Waals surface area contributed by atoms with Gasteiger partial charge < -0.3 is 10.4 Å². The lowest BCUT2D eigenvalue weighted by Gasteiger charge is -2.32. The quantitative estimate of drug-likeness (QED) is 0.525. The zero-order valence-corrected chi connectivity index (χ0v) is 19.3. The van der Waals surface area contributed by atoms with E-state index in [-0.39, 0.29) is 28.6 Å². The third-order valence-corrected chi connectivity index (χ3v) is 8.32. The van der Waals surface area contributed by atoms with Crippen LogP contribution in [0.1, 0.15) is 44.2 Å². The van der Waals surface area contributed by atoms with E-state index in [4.69, 9.17) is 11.6 Å². The van der Waals surface area contributed by atoms with Crippen LogP contribution < -0.4 is 16.2 Å². The molecule has 10 heteroatoms. The molecule has 0 radical (unpaired) electrons. The minimum atomic E-state index is -3.55. The highest BCUT2D eigenvalue weighted by atomic mass is 35.5. The molecule has 8 nitrogen and oxygen atoms in total. The molecule has 2 aliphatic rings. The minimum Gasteiger partial charge on any atom is -0.508 e. The Bertz CT molecular complexity index is 1090. The highest BCUT2D eigenvalue weighted by molar-refractivity contribution is 7.89. The first-order chi connectivity index (χ1) is 15.3. The summed E-state index contributed by atoms with van der Waals surface area (Å²) in [6.07, 6.45) is 3.19. The third kappa shape index (κ3) is 4.77. The van der Waals surface area contributed by atoms with Crippen molar-refractivity contribution in [2.45, 2.75) is 55.6 Å². The first-order valence-corrected chi connectivity index (χ1v) is 12.5. The third-order valence-electron chi connectivity index (χ3n) is 6.06. The molecular weight excluding hydrogens is 452 g/mol. The number of hydrogen-bond donors (Lipinski definition) is 4. The van der Waals surface area contributed by atoms with E-state index in [0.717, 1.165) is 19.3 Å².